The minimum absolute atomic E-state index is 0.128. The lowest BCUT2D eigenvalue weighted by molar-refractivity contribution is 0.0126. The van der Waals surface area contributed by atoms with Crippen molar-refractivity contribution < 1.29 is 14.3 Å². The van der Waals surface area contributed by atoms with Crippen molar-refractivity contribution in [3.8, 4) is 5.75 Å². The van der Waals surface area contributed by atoms with Crippen LogP contribution in [0.25, 0.3) is 0 Å². The molecule has 0 N–H and O–H groups in total. The fraction of sp³-hybridized carbons (Fsp3) is 0.696. The second-order valence-electron chi connectivity index (χ2n) is 8.51. The van der Waals surface area contributed by atoms with Gasteiger partial charge in [0.1, 0.15) is 5.75 Å². The normalized spacial score (nSPS) is 24.9. The molecule has 4 rings (SSSR count). The van der Waals surface area contributed by atoms with Crippen LogP contribution in [0.15, 0.2) is 24.3 Å². The van der Waals surface area contributed by atoms with Crippen LogP contribution in [-0.2, 0) is 4.74 Å². The first kappa shape index (κ1) is 19.7. The number of hydrogen-bond acceptors (Lipinski definition) is 4. The van der Waals surface area contributed by atoms with Gasteiger partial charge in [-0.1, -0.05) is 12.1 Å². The van der Waals surface area contributed by atoms with Gasteiger partial charge in [0.05, 0.1) is 12.2 Å². The third-order valence-electron chi connectivity index (χ3n) is 6.49. The van der Waals surface area contributed by atoms with Gasteiger partial charge in [0, 0.05) is 44.8 Å². The Balaban J connectivity index is 1.34. The zero-order chi connectivity index (χ0) is 19.2. The van der Waals surface area contributed by atoms with E-state index in [1.54, 1.807) is 0 Å². The van der Waals surface area contributed by atoms with E-state index in [4.69, 9.17) is 9.47 Å². The van der Waals surface area contributed by atoms with Crippen LogP contribution in [0.4, 0.5) is 0 Å². The molecule has 154 valence electrons. The van der Waals surface area contributed by atoms with Crippen LogP contribution in [0.1, 0.15) is 55.3 Å². The molecule has 0 radical (unpaired) electrons. The average molecular weight is 387 g/mol. The number of para-hydroxylation sites is 1. The van der Waals surface area contributed by atoms with Gasteiger partial charge < -0.3 is 14.4 Å². The highest BCUT2D eigenvalue weighted by atomic mass is 16.5. The Labute approximate surface area is 169 Å². The first-order chi connectivity index (χ1) is 13.8. The number of rotatable bonds is 5. The second kappa shape index (κ2) is 9.75. The van der Waals surface area contributed by atoms with Gasteiger partial charge in [-0.05, 0) is 63.6 Å². The number of nitrogens with zero attached hydrogens (tertiary/aromatic N) is 2. The minimum Gasteiger partial charge on any atom is -0.492 e. The van der Waals surface area contributed by atoms with Gasteiger partial charge in [-0.2, -0.15) is 0 Å². The smallest absolute Gasteiger partial charge is 0.257 e. The number of likely N-dealkylation sites (tertiary alicyclic amines) is 2. The van der Waals surface area contributed by atoms with Crippen molar-refractivity contribution in [2.24, 2.45) is 5.92 Å². The standard InChI is InChI=1S/C23H34N2O3/c26-23(24-12-4-1-5-13-24)21-8-2-3-9-22(21)28-18-19-7-6-14-25(17-19)20-10-15-27-16-11-20/h2-3,8-9,19-20H,1,4-7,10-18H2. The van der Waals surface area contributed by atoms with Crippen molar-refractivity contribution >= 4 is 5.91 Å². The third-order valence-corrected chi connectivity index (χ3v) is 6.49. The van der Waals surface area contributed by atoms with Crippen LogP contribution in [0, 0.1) is 5.92 Å². The van der Waals surface area contributed by atoms with Crippen molar-refractivity contribution in [2.45, 2.75) is 51.0 Å². The molecule has 5 nitrogen and oxygen atoms in total. The summed E-state index contributed by atoms with van der Waals surface area (Å²) >= 11 is 0. The van der Waals surface area contributed by atoms with Gasteiger partial charge >= 0.3 is 0 Å². The van der Waals surface area contributed by atoms with E-state index in [-0.39, 0.29) is 5.91 Å². The summed E-state index contributed by atoms with van der Waals surface area (Å²) in [6.45, 7) is 6.54. The Morgan fingerprint density at radius 3 is 2.61 bits per heavy atom. The molecule has 0 spiro atoms. The SMILES string of the molecule is O=C(c1ccccc1OCC1CCCN(C2CCOCC2)C1)N1CCCCC1. The molecule has 1 atom stereocenters. The van der Waals surface area contributed by atoms with E-state index < -0.39 is 0 Å². The van der Waals surface area contributed by atoms with E-state index in [1.807, 2.05) is 29.2 Å². The number of amides is 1. The van der Waals surface area contributed by atoms with E-state index >= 15 is 0 Å². The summed E-state index contributed by atoms with van der Waals surface area (Å²) in [6, 6.07) is 8.46. The second-order valence-corrected chi connectivity index (χ2v) is 8.51. The van der Waals surface area contributed by atoms with Crippen LogP contribution in [0.3, 0.4) is 0 Å². The first-order valence-corrected chi connectivity index (χ1v) is 11.1. The summed E-state index contributed by atoms with van der Waals surface area (Å²) in [5.41, 5.74) is 0.724. The van der Waals surface area contributed by atoms with E-state index in [0.717, 1.165) is 69.8 Å². The Kier molecular flexibility index (Phi) is 6.86. The molecule has 0 bridgehead atoms. The van der Waals surface area contributed by atoms with Gasteiger partial charge in [-0.25, -0.2) is 0 Å². The van der Waals surface area contributed by atoms with Crippen molar-refractivity contribution in [3.05, 3.63) is 29.8 Å². The van der Waals surface area contributed by atoms with Crippen molar-refractivity contribution in [1.82, 2.24) is 9.80 Å². The van der Waals surface area contributed by atoms with Gasteiger partial charge in [0.15, 0.2) is 0 Å². The summed E-state index contributed by atoms with van der Waals surface area (Å²) in [6.07, 6.45) is 8.20. The Hall–Kier alpha value is -1.59. The molecule has 3 heterocycles. The molecule has 0 saturated carbocycles. The monoisotopic (exact) mass is 386 g/mol. The van der Waals surface area contributed by atoms with Crippen LogP contribution >= 0.6 is 0 Å². The summed E-state index contributed by atoms with van der Waals surface area (Å²) in [4.78, 5) is 17.6. The maximum atomic E-state index is 13.0. The van der Waals surface area contributed by atoms with Gasteiger partial charge in [-0.3, -0.25) is 9.69 Å². The van der Waals surface area contributed by atoms with Gasteiger partial charge in [-0.15, -0.1) is 0 Å². The van der Waals surface area contributed by atoms with Crippen molar-refractivity contribution in [1.29, 1.82) is 0 Å². The lowest BCUT2D eigenvalue weighted by Gasteiger charge is -2.39. The highest BCUT2D eigenvalue weighted by Crippen LogP contribution is 2.26. The molecule has 0 aliphatic carbocycles. The van der Waals surface area contributed by atoms with Crippen molar-refractivity contribution in [2.75, 3.05) is 46.0 Å². The predicted molar refractivity (Wildman–Crippen MR) is 110 cm³/mol. The van der Waals surface area contributed by atoms with Crippen LogP contribution in [-0.4, -0.2) is 67.7 Å². The molecule has 1 amide bonds. The molecule has 3 aliphatic rings. The highest BCUT2D eigenvalue weighted by Gasteiger charge is 2.28. The summed E-state index contributed by atoms with van der Waals surface area (Å²) < 4.78 is 11.7. The number of carbonyl (C=O) groups excluding carboxylic acids is 1. The molecular weight excluding hydrogens is 352 g/mol. The maximum absolute atomic E-state index is 13.0. The largest absolute Gasteiger partial charge is 0.492 e. The summed E-state index contributed by atoms with van der Waals surface area (Å²) in [5.74, 6) is 1.42. The molecule has 3 fully saturated rings. The molecule has 3 aliphatic heterocycles. The number of hydrogen-bond donors (Lipinski definition) is 0. The van der Waals surface area contributed by atoms with Gasteiger partial charge in [0.25, 0.3) is 5.91 Å². The number of carbonyl (C=O) groups is 1. The number of benzene rings is 1. The zero-order valence-electron chi connectivity index (χ0n) is 17.0. The topological polar surface area (TPSA) is 42.0 Å². The van der Waals surface area contributed by atoms with Crippen LogP contribution in [0.2, 0.25) is 0 Å². The fourth-order valence-electron chi connectivity index (χ4n) is 4.86. The number of piperidine rings is 2. The average Bonchev–Trinajstić information content (AvgIpc) is 2.79. The minimum atomic E-state index is 0.128. The lowest BCUT2D eigenvalue weighted by Crippen LogP contribution is -2.46. The third kappa shape index (κ3) is 4.87. The van der Waals surface area contributed by atoms with Gasteiger partial charge in [0.2, 0.25) is 0 Å². The van der Waals surface area contributed by atoms with E-state index in [9.17, 15) is 4.79 Å². The lowest BCUT2D eigenvalue weighted by atomic mass is 9.95. The Morgan fingerprint density at radius 1 is 1.00 bits per heavy atom. The molecule has 3 saturated heterocycles. The highest BCUT2D eigenvalue weighted by molar-refractivity contribution is 5.97. The first-order valence-electron chi connectivity index (χ1n) is 11.1. The summed E-state index contributed by atoms with van der Waals surface area (Å²) in [7, 11) is 0. The summed E-state index contributed by atoms with van der Waals surface area (Å²) in [5, 5.41) is 0. The fourth-order valence-corrected chi connectivity index (χ4v) is 4.86. The molecule has 1 aromatic rings. The Bertz CT molecular complexity index is 638. The zero-order valence-corrected chi connectivity index (χ0v) is 17.0. The van der Waals surface area contributed by atoms with E-state index in [1.165, 1.54) is 25.8 Å². The molecule has 0 aromatic heterocycles. The Morgan fingerprint density at radius 2 is 1.79 bits per heavy atom. The molecule has 1 aromatic carbocycles. The molecule has 1 unspecified atom stereocenters. The number of ether oxygens (including phenoxy) is 2. The molecule has 5 heteroatoms. The van der Waals surface area contributed by atoms with E-state index in [2.05, 4.69) is 4.90 Å². The van der Waals surface area contributed by atoms with Crippen LogP contribution < -0.4 is 4.74 Å². The molecular formula is C23H34N2O3. The molecule has 28 heavy (non-hydrogen) atoms. The van der Waals surface area contributed by atoms with Crippen molar-refractivity contribution in [3.63, 3.8) is 0 Å². The van der Waals surface area contributed by atoms with Crippen LogP contribution in [0.5, 0.6) is 5.75 Å². The maximum Gasteiger partial charge on any atom is 0.257 e. The van der Waals surface area contributed by atoms with E-state index in [0.29, 0.717) is 18.6 Å². The quantitative estimate of drug-likeness (QED) is 0.776. The predicted octanol–water partition coefficient (Wildman–Crippen LogP) is 3.58.